The van der Waals surface area contributed by atoms with E-state index in [2.05, 4.69) is 25.2 Å². The van der Waals surface area contributed by atoms with Crippen molar-refractivity contribution in [3.63, 3.8) is 0 Å². The molecule has 7 nitrogen and oxygen atoms in total. The molecule has 228 valence electrons. The summed E-state index contributed by atoms with van der Waals surface area (Å²) >= 11 is 0. The highest BCUT2D eigenvalue weighted by Crippen LogP contribution is 2.40. The topological polar surface area (TPSA) is 77.4 Å². The van der Waals surface area contributed by atoms with Crippen LogP contribution in [-0.4, -0.2) is 53.9 Å². The van der Waals surface area contributed by atoms with Crippen LogP contribution in [0.4, 0.5) is 51.0 Å². The number of benzene rings is 2. The minimum absolute atomic E-state index is 0.0565. The highest BCUT2D eigenvalue weighted by Gasteiger charge is 2.42. The van der Waals surface area contributed by atoms with Crippen molar-refractivity contribution in [1.82, 2.24) is 9.78 Å². The largest absolute Gasteiger partial charge is 0.487 e. The number of rotatable bonds is 10. The van der Waals surface area contributed by atoms with Crippen LogP contribution in [0.5, 0.6) is 11.5 Å². The summed E-state index contributed by atoms with van der Waals surface area (Å²) in [5.74, 6) is -6.81. The van der Waals surface area contributed by atoms with Crippen LogP contribution >= 0.6 is 0 Å². The molecule has 1 amide bonds. The number of ether oxygens (including phenoxy) is 2. The van der Waals surface area contributed by atoms with Gasteiger partial charge in [-0.3, -0.25) is 4.79 Å². The molecule has 1 aromatic heterocycles. The van der Waals surface area contributed by atoms with Gasteiger partial charge in [0.15, 0.2) is 13.2 Å². The number of amides is 1. The van der Waals surface area contributed by atoms with Crippen molar-refractivity contribution in [3.05, 3.63) is 65.4 Å². The molecule has 0 saturated carbocycles. The standard InChI is InChI=1S/C26H23F9N4O3/c1-13-2-4-14(5-3-13)19-9-20(21(27)28)39-22(38-19)18(10-36-39)23(40)37-15-6-16(41-11-25(31,32)24(29)30)8-17(7-15)42-12-26(33,34)35/h2-8,10,19-21,24,38H,9,11-12H2,1H3,(H,37,40)/t19-,20-/m0/s1. The fourth-order valence-corrected chi connectivity index (χ4v) is 4.13. The Labute approximate surface area is 232 Å². The van der Waals surface area contributed by atoms with E-state index in [0.717, 1.165) is 34.6 Å². The van der Waals surface area contributed by atoms with Gasteiger partial charge in [0.25, 0.3) is 12.3 Å². The molecule has 0 fully saturated rings. The fourth-order valence-electron chi connectivity index (χ4n) is 4.13. The zero-order chi connectivity index (χ0) is 30.8. The van der Waals surface area contributed by atoms with E-state index >= 15 is 0 Å². The summed E-state index contributed by atoms with van der Waals surface area (Å²) in [6, 6.07) is 7.58. The van der Waals surface area contributed by atoms with Crippen LogP contribution in [0, 0.1) is 6.92 Å². The molecule has 0 unspecified atom stereocenters. The molecule has 2 heterocycles. The van der Waals surface area contributed by atoms with Crippen LogP contribution in [0.25, 0.3) is 0 Å². The third kappa shape index (κ3) is 7.39. The average Bonchev–Trinajstić information content (AvgIpc) is 3.34. The van der Waals surface area contributed by atoms with E-state index in [9.17, 15) is 44.3 Å². The number of hydrogen-bond acceptors (Lipinski definition) is 5. The van der Waals surface area contributed by atoms with Gasteiger partial charge in [0, 0.05) is 23.9 Å². The Morgan fingerprint density at radius 1 is 1.02 bits per heavy atom. The summed E-state index contributed by atoms with van der Waals surface area (Å²) in [7, 11) is 0. The van der Waals surface area contributed by atoms with E-state index < -0.39 is 67.7 Å². The SMILES string of the molecule is Cc1ccc([C@@H]2C[C@@H](C(F)F)n3ncc(C(=O)Nc4cc(OCC(F)(F)F)cc(OCC(F)(F)C(F)F)c4)c3N2)cc1. The van der Waals surface area contributed by atoms with Crippen LogP contribution < -0.4 is 20.1 Å². The van der Waals surface area contributed by atoms with Crippen LogP contribution in [0.1, 0.15) is 40.0 Å². The number of aromatic nitrogens is 2. The van der Waals surface area contributed by atoms with Crippen molar-refractivity contribution in [2.45, 2.75) is 50.4 Å². The van der Waals surface area contributed by atoms with Crippen LogP contribution in [0.2, 0.25) is 0 Å². The molecule has 0 spiro atoms. The maximum Gasteiger partial charge on any atom is 0.422 e. The predicted octanol–water partition coefficient (Wildman–Crippen LogP) is 7.03. The number of nitrogens with one attached hydrogen (secondary N) is 2. The maximum absolute atomic E-state index is 14.0. The first-order valence-electron chi connectivity index (χ1n) is 12.3. The number of fused-ring (bicyclic) bond motifs is 1. The molecule has 0 aliphatic carbocycles. The molecule has 2 N–H and O–H groups in total. The molecule has 3 aromatic rings. The molecule has 1 aliphatic heterocycles. The van der Waals surface area contributed by atoms with Crippen molar-refractivity contribution in [3.8, 4) is 11.5 Å². The summed E-state index contributed by atoms with van der Waals surface area (Å²) in [4.78, 5) is 13.2. The molecular weight excluding hydrogens is 587 g/mol. The lowest BCUT2D eigenvalue weighted by Gasteiger charge is -2.32. The second kappa shape index (κ2) is 12.0. The lowest BCUT2D eigenvalue weighted by molar-refractivity contribution is -0.153. The first-order chi connectivity index (χ1) is 19.6. The minimum atomic E-state index is -4.79. The van der Waals surface area contributed by atoms with Gasteiger partial charge in [-0.25, -0.2) is 22.2 Å². The number of aryl methyl sites for hydroxylation is 1. The Kier molecular flexibility index (Phi) is 8.82. The summed E-state index contributed by atoms with van der Waals surface area (Å²) in [6.07, 6.45) is -10.8. The number of nitrogens with zero attached hydrogens (tertiary/aromatic N) is 2. The third-order valence-electron chi connectivity index (χ3n) is 6.20. The molecule has 0 bridgehead atoms. The van der Waals surface area contributed by atoms with Crippen LogP contribution in [-0.2, 0) is 0 Å². The molecule has 42 heavy (non-hydrogen) atoms. The molecular formula is C26H23F9N4O3. The maximum atomic E-state index is 14.0. The molecule has 0 saturated heterocycles. The van der Waals surface area contributed by atoms with Gasteiger partial charge in [0.2, 0.25) is 0 Å². The first kappa shape index (κ1) is 30.8. The van der Waals surface area contributed by atoms with Gasteiger partial charge in [0.1, 0.15) is 28.9 Å². The van der Waals surface area contributed by atoms with Gasteiger partial charge in [-0.05, 0) is 18.9 Å². The van der Waals surface area contributed by atoms with Gasteiger partial charge >= 0.3 is 18.5 Å². The number of hydrogen-bond donors (Lipinski definition) is 2. The van der Waals surface area contributed by atoms with Crippen molar-refractivity contribution in [1.29, 1.82) is 0 Å². The van der Waals surface area contributed by atoms with Crippen molar-refractivity contribution in [2.24, 2.45) is 0 Å². The number of alkyl halides is 9. The Morgan fingerprint density at radius 3 is 2.21 bits per heavy atom. The van der Waals surface area contributed by atoms with Gasteiger partial charge in [-0.1, -0.05) is 29.8 Å². The van der Waals surface area contributed by atoms with Crippen molar-refractivity contribution < 1.29 is 53.8 Å². The monoisotopic (exact) mass is 610 g/mol. The molecule has 1 aliphatic rings. The Hall–Kier alpha value is -4.11. The second-order valence-corrected chi connectivity index (χ2v) is 9.50. The lowest BCUT2D eigenvalue weighted by Crippen LogP contribution is -2.33. The Balaban J connectivity index is 1.61. The van der Waals surface area contributed by atoms with E-state index in [1.54, 1.807) is 24.3 Å². The third-order valence-corrected chi connectivity index (χ3v) is 6.20. The van der Waals surface area contributed by atoms with E-state index in [4.69, 9.17) is 0 Å². The highest BCUT2D eigenvalue weighted by atomic mass is 19.4. The van der Waals surface area contributed by atoms with E-state index in [-0.39, 0.29) is 23.5 Å². The molecule has 2 aromatic carbocycles. The van der Waals surface area contributed by atoms with Gasteiger partial charge in [-0.15, -0.1) is 0 Å². The molecule has 2 atom stereocenters. The summed E-state index contributed by atoms with van der Waals surface area (Å²) in [6.45, 7) is -1.77. The van der Waals surface area contributed by atoms with Crippen LogP contribution in [0.3, 0.4) is 0 Å². The number of carbonyl (C=O) groups is 1. The van der Waals surface area contributed by atoms with E-state index in [1.807, 2.05) is 6.92 Å². The van der Waals surface area contributed by atoms with E-state index in [1.165, 1.54) is 0 Å². The van der Waals surface area contributed by atoms with Gasteiger partial charge in [0.05, 0.1) is 12.2 Å². The summed E-state index contributed by atoms with van der Waals surface area (Å²) < 4.78 is 128. The molecule has 16 heteroatoms. The Bertz CT molecular complexity index is 1390. The average molecular weight is 610 g/mol. The zero-order valence-corrected chi connectivity index (χ0v) is 21.6. The highest BCUT2D eigenvalue weighted by molar-refractivity contribution is 6.07. The molecule has 0 radical (unpaired) electrons. The Morgan fingerprint density at radius 2 is 1.64 bits per heavy atom. The minimum Gasteiger partial charge on any atom is -0.487 e. The second-order valence-electron chi connectivity index (χ2n) is 9.50. The molecule has 4 rings (SSSR count). The van der Waals surface area contributed by atoms with Crippen molar-refractivity contribution in [2.75, 3.05) is 23.8 Å². The number of carbonyl (C=O) groups excluding carboxylic acids is 1. The van der Waals surface area contributed by atoms with Gasteiger partial charge in [-0.2, -0.15) is 27.1 Å². The zero-order valence-electron chi connectivity index (χ0n) is 21.6. The predicted molar refractivity (Wildman–Crippen MR) is 132 cm³/mol. The summed E-state index contributed by atoms with van der Waals surface area (Å²) in [5, 5.41) is 9.23. The van der Waals surface area contributed by atoms with Crippen molar-refractivity contribution >= 4 is 17.4 Å². The number of anilines is 2. The number of halogens is 9. The van der Waals surface area contributed by atoms with Gasteiger partial charge < -0.3 is 20.1 Å². The van der Waals surface area contributed by atoms with E-state index in [0.29, 0.717) is 5.56 Å². The lowest BCUT2D eigenvalue weighted by atomic mass is 9.96. The smallest absolute Gasteiger partial charge is 0.422 e. The quantitative estimate of drug-likeness (QED) is 0.241. The first-order valence-corrected chi connectivity index (χ1v) is 12.3. The normalized spacial score (nSPS) is 17.1. The fraction of sp³-hybridized carbons (Fsp3) is 0.385. The van der Waals surface area contributed by atoms with Crippen LogP contribution in [0.15, 0.2) is 48.7 Å². The summed E-state index contributed by atoms with van der Waals surface area (Å²) in [5.41, 5.74) is 1.06.